The fraction of sp³-hybridized carbons (Fsp3) is 0.375. The third-order valence-corrected chi connectivity index (χ3v) is 3.51. The lowest BCUT2D eigenvalue weighted by atomic mass is 10.0. The molecule has 0 saturated carbocycles. The van der Waals surface area contributed by atoms with Gasteiger partial charge in [-0.05, 0) is 44.0 Å². The zero-order valence-corrected chi connectivity index (χ0v) is 13.2. The Hall–Kier alpha value is -1.65. The van der Waals surface area contributed by atoms with Crippen molar-refractivity contribution in [1.29, 1.82) is 0 Å². The van der Waals surface area contributed by atoms with Gasteiger partial charge in [0.15, 0.2) is 11.5 Å². The maximum absolute atomic E-state index is 6.34. The highest BCUT2D eigenvalue weighted by Crippen LogP contribution is 2.38. The number of benzene rings is 1. The molecule has 1 atom stereocenters. The van der Waals surface area contributed by atoms with Crippen molar-refractivity contribution in [2.24, 2.45) is 5.73 Å². The second-order valence-electron chi connectivity index (χ2n) is 4.63. The second-order valence-corrected chi connectivity index (χ2v) is 5.04. The van der Waals surface area contributed by atoms with Crippen molar-refractivity contribution in [2.75, 3.05) is 13.2 Å². The van der Waals surface area contributed by atoms with Gasteiger partial charge in [-0.2, -0.15) is 0 Å². The smallest absolute Gasteiger partial charge is 0.162 e. The van der Waals surface area contributed by atoms with Crippen LogP contribution in [-0.4, -0.2) is 13.2 Å². The predicted octanol–water partition coefficient (Wildman–Crippen LogP) is 4.09. The molecule has 0 spiro atoms. The van der Waals surface area contributed by atoms with Crippen molar-refractivity contribution in [3.05, 3.63) is 46.4 Å². The second kappa shape index (κ2) is 6.87. The molecule has 4 nitrogen and oxygen atoms in total. The van der Waals surface area contributed by atoms with Gasteiger partial charge in [0.05, 0.1) is 25.5 Å². The van der Waals surface area contributed by atoms with E-state index in [9.17, 15) is 0 Å². The maximum Gasteiger partial charge on any atom is 0.162 e. The Kier molecular flexibility index (Phi) is 5.15. The third kappa shape index (κ3) is 3.34. The van der Waals surface area contributed by atoms with Crippen LogP contribution in [0, 0.1) is 6.92 Å². The number of hydrogen-bond donors (Lipinski definition) is 1. The van der Waals surface area contributed by atoms with Crippen LogP contribution in [0.2, 0.25) is 5.02 Å². The van der Waals surface area contributed by atoms with Crippen molar-refractivity contribution < 1.29 is 13.9 Å². The van der Waals surface area contributed by atoms with E-state index < -0.39 is 6.04 Å². The van der Waals surface area contributed by atoms with E-state index in [0.29, 0.717) is 35.5 Å². The van der Waals surface area contributed by atoms with Gasteiger partial charge in [0.1, 0.15) is 5.76 Å². The highest BCUT2D eigenvalue weighted by atomic mass is 35.5. The number of furan rings is 1. The highest BCUT2D eigenvalue weighted by Gasteiger charge is 2.20. The lowest BCUT2D eigenvalue weighted by Gasteiger charge is -2.17. The average Bonchev–Trinajstić information content (AvgIpc) is 2.87. The molecule has 2 aromatic rings. The van der Waals surface area contributed by atoms with E-state index in [4.69, 9.17) is 31.2 Å². The van der Waals surface area contributed by atoms with Crippen molar-refractivity contribution in [1.82, 2.24) is 0 Å². The van der Waals surface area contributed by atoms with Gasteiger partial charge in [-0.1, -0.05) is 11.6 Å². The summed E-state index contributed by atoms with van der Waals surface area (Å²) >= 11 is 6.34. The number of aryl methyl sites for hydroxylation is 1. The van der Waals surface area contributed by atoms with Crippen LogP contribution in [0.5, 0.6) is 11.5 Å². The molecule has 2 N–H and O–H groups in total. The summed E-state index contributed by atoms with van der Waals surface area (Å²) in [6, 6.07) is 5.00. The molecule has 0 radical (unpaired) electrons. The molecular formula is C16H20ClNO3. The molecule has 1 aromatic heterocycles. The van der Waals surface area contributed by atoms with Crippen LogP contribution in [0.4, 0.5) is 0 Å². The summed E-state index contributed by atoms with van der Waals surface area (Å²) in [4.78, 5) is 0. The first kappa shape index (κ1) is 15.7. The van der Waals surface area contributed by atoms with Gasteiger partial charge in [-0.25, -0.2) is 0 Å². The van der Waals surface area contributed by atoms with Gasteiger partial charge < -0.3 is 19.6 Å². The molecule has 0 aliphatic carbocycles. The molecule has 1 aromatic carbocycles. The summed E-state index contributed by atoms with van der Waals surface area (Å²) in [7, 11) is 0. The van der Waals surface area contributed by atoms with Crippen LogP contribution in [0.25, 0.3) is 0 Å². The molecule has 1 heterocycles. The lowest BCUT2D eigenvalue weighted by Crippen LogP contribution is -2.13. The minimum absolute atomic E-state index is 0.442. The molecule has 1 unspecified atom stereocenters. The van der Waals surface area contributed by atoms with Crippen LogP contribution < -0.4 is 15.2 Å². The first-order chi connectivity index (χ1) is 10.1. The number of halogens is 1. The normalized spacial score (nSPS) is 12.2. The van der Waals surface area contributed by atoms with Gasteiger partial charge in [0.2, 0.25) is 0 Å². The molecule has 21 heavy (non-hydrogen) atoms. The minimum Gasteiger partial charge on any atom is -0.490 e. The maximum atomic E-state index is 6.34. The van der Waals surface area contributed by atoms with Gasteiger partial charge in [-0.3, -0.25) is 0 Å². The summed E-state index contributed by atoms with van der Waals surface area (Å²) in [6.07, 6.45) is 1.62. The summed E-state index contributed by atoms with van der Waals surface area (Å²) in [5.41, 5.74) is 8.02. The van der Waals surface area contributed by atoms with E-state index in [1.165, 1.54) is 0 Å². The summed E-state index contributed by atoms with van der Waals surface area (Å²) in [6.45, 7) is 6.86. The molecule has 0 aliphatic heterocycles. The number of hydrogen-bond acceptors (Lipinski definition) is 4. The summed E-state index contributed by atoms with van der Waals surface area (Å²) < 4.78 is 16.6. The van der Waals surface area contributed by atoms with Crippen molar-refractivity contribution in [3.8, 4) is 11.5 Å². The molecule has 0 bridgehead atoms. The number of nitrogens with two attached hydrogens (primary N) is 1. The molecule has 2 rings (SSSR count). The molecule has 0 aliphatic rings. The van der Waals surface area contributed by atoms with E-state index in [0.717, 1.165) is 11.1 Å². The van der Waals surface area contributed by atoms with E-state index in [1.54, 1.807) is 12.3 Å². The Morgan fingerprint density at radius 3 is 2.33 bits per heavy atom. The lowest BCUT2D eigenvalue weighted by molar-refractivity contribution is 0.287. The van der Waals surface area contributed by atoms with Crippen LogP contribution in [0.1, 0.15) is 36.8 Å². The molecule has 5 heteroatoms. The van der Waals surface area contributed by atoms with Gasteiger partial charge in [-0.15, -0.1) is 0 Å². The average molecular weight is 310 g/mol. The third-order valence-electron chi connectivity index (χ3n) is 3.18. The Bertz CT molecular complexity index is 610. The Morgan fingerprint density at radius 1 is 1.19 bits per heavy atom. The molecule has 114 valence electrons. The van der Waals surface area contributed by atoms with E-state index in [-0.39, 0.29) is 0 Å². The fourth-order valence-corrected chi connectivity index (χ4v) is 2.44. The van der Waals surface area contributed by atoms with Crippen molar-refractivity contribution >= 4 is 11.6 Å². The first-order valence-electron chi connectivity index (χ1n) is 6.97. The quantitative estimate of drug-likeness (QED) is 0.873. The van der Waals surface area contributed by atoms with E-state index >= 15 is 0 Å². The number of rotatable bonds is 6. The van der Waals surface area contributed by atoms with E-state index in [2.05, 4.69) is 0 Å². The number of ether oxygens (including phenoxy) is 2. The fourth-order valence-electron chi connectivity index (χ4n) is 2.17. The van der Waals surface area contributed by atoms with Gasteiger partial charge >= 0.3 is 0 Å². The van der Waals surface area contributed by atoms with Crippen molar-refractivity contribution in [3.63, 3.8) is 0 Å². The highest BCUT2D eigenvalue weighted by molar-refractivity contribution is 6.31. The Balaban J connectivity index is 2.44. The SMILES string of the molecule is CCOc1cc(Cl)c(C(N)c2occc2C)cc1OCC. The van der Waals surface area contributed by atoms with Crippen LogP contribution in [-0.2, 0) is 0 Å². The zero-order chi connectivity index (χ0) is 15.4. The van der Waals surface area contributed by atoms with Crippen LogP contribution in [0.15, 0.2) is 28.9 Å². The first-order valence-corrected chi connectivity index (χ1v) is 7.34. The van der Waals surface area contributed by atoms with Crippen LogP contribution in [0.3, 0.4) is 0 Å². The molecule has 0 fully saturated rings. The Morgan fingerprint density at radius 2 is 1.81 bits per heavy atom. The largest absolute Gasteiger partial charge is 0.490 e. The molecule has 0 saturated heterocycles. The standard InChI is InChI=1S/C16H20ClNO3/c1-4-19-13-8-11(12(17)9-14(13)20-5-2)15(18)16-10(3)6-7-21-16/h6-9,15H,4-5,18H2,1-3H3. The van der Waals surface area contributed by atoms with Crippen LogP contribution >= 0.6 is 11.6 Å². The Labute approximate surface area is 129 Å². The van der Waals surface area contributed by atoms with Crippen molar-refractivity contribution in [2.45, 2.75) is 26.8 Å². The minimum atomic E-state index is -0.442. The molecule has 0 amide bonds. The van der Waals surface area contributed by atoms with Gasteiger partial charge in [0, 0.05) is 11.1 Å². The topological polar surface area (TPSA) is 57.6 Å². The summed E-state index contributed by atoms with van der Waals surface area (Å²) in [5.74, 6) is 1.96. The van der Waals surface area contributed by atoms with E-state index in [1.807, 2.05) is 32.9 Å². The monoisotopic (exact) mass is 309 g/mol. The summed E-state index contributed by atoms with van der Waals surface area (Å²) in [5, 5.41) is 0.533. The van der Waals surface area contributed by atoms with Gasteiger partial charge in [0.25, 0.3) is 0 Å². The zero-order valence-electron chi connectivity index (χ0n) is 12.5. The molecular weight excluding hydrogens is 290 g/mol. The predicted molar refractivity (Wildman–Crippen MR) is 83.3 cm³/mol.